The summed E-state index contributed by atoms with van der Waals surface area (Å²) in [5, 5.41) is 0. The van der Waals surface area contributed by atoms with Crippen LogP contribution in [0.5, 0.6) is 0 Å². The van der Waals surface area contributed by atoms with Gasteiger partial charge in [-0.25, -0.2) is 0 Å². The highest BCUT2D eigenvalue weighted by Gasteiger charge is 2.38. The van der Waals surface area contributed by atoms with Crippen molar-refractivity contribution < 1.29 is 9.53 Å². The van der Waals surface area contributed by atoms with E-state index in [2.05, 4.69) is 33.4 Å². The van der Waals surface area contributed by atoms with Crippen molar-refractivity contribution in [3.8, 4) is 0 Å². The number of carbonyl (C=O) groups is 1. The van der Waals surface area contributed by atoms with Gasteiger partial charge in [0.15, 0.2) is 0 Å². The van der Waals surface area contributed by atoms with Crippen LogP contribution in [0.15, 0.2) is 24.3 Å². The lowest BCUT2D eigenvalue weighted by Crippen LogP contribution is -2.35. The fraction of sp³-hybridized carbons (Fsp3) is 0.688. The average Bonchev–Trinajstić information content (AvgIpc) is 2.22. The van der Waals surface area contributed by atoms with Crippen LogP contribution in [0, 0.1) is 17.3 Å². The Morgan fingerprint density at radius 2 is 2.17 bits per heavy atom. The monoisotopic (exact) mass is 250 g/mol. The minimum Gasteiger partial charge on any atom is -0.459 e. The molecule has 2 heteroatoms. The molecule has 1 fully saturated rings. The molecule has 0 heterocycles. The number of ether oxygens (including phenoxy) is 1. The number of rotatable bonds is 3. The van der Waals surface area contributed by atoms with Gasteiger partial charge in [-0.1, -0.05) is 39.0 Å². The van der Waals surface area contributed by atoms with Gasteiger partial charge in [-0.05, 0) is 37.2 Å². The van der Waals surface area contributed by atoms with Crippen LogP contribution in [0.4, 0.5) is 0 Å². The van der Waals surface area contributed by atoms with E-state index in [4.69, 9.17) is 4.74 Å². The molecule has 0 bridgehead atoms. The molecule has 1 rings (SSSR count). The zero-order valence-corrected chi connectivity index (χ0v) is 12.3. The average molecular weight is 250 g/mol. The van der Waals surface area contributed by atoms with Crippen molar-refractivity contribution in [2.75, 3.05) is 0 Å². The molecule has 0 amide bonds. The molecule has 1 aliphatic rings. The molecule has 102 valence electrons. The van der Waals surface area contributed by atoms with Crippen molar-refractivity contribution in [1.29, 1.82) is 0 Å². The smallest absolute Gasteiger partial charge is 0.303 e. The van der Waals surface area contributed by atoms with Crippen molar-refractivity contribution in [3.63, 3.8) is 0 Å². The molecule has 0 saturated heterocycles. The van der Waals surface area contributed by atoms with Crippen molar-refractivity contribution in [2.24, 2.45) is 17.3 Å². The standard InChI is InChI=1S/C16H26O2/c1-11-7-8-12(2)16(5,6)15(11)10-9-13(3)18-14(4)17/h9-10,12-13,15H,1,7-8H2,2-6H3/b10-9+/t12-,13+,15-/m0/s1. The molecule has 0 aromatic heterocycles. The molecule has 0 N–H and O–H groups in total. The number of hydrogen-bond donors (Lipinski definition) is 0. The Hall–Kier alpha value is -1.05. The highest BCUT2D eigenvalue weighted by molar-refractivity contribution is 5.66. The summed E-state index contributed by atoms with van der Waals surface area (Å²) in [6.07, 6.45) is 6.31. The first-order valence-electron chi connectivity index (χ1n) is 6.78. The molecule has 1 aliphatic carbocycles. The van der Waals surface area contributed by atoms with Gasteiger partial charge >= 0.3 is 5.97 Å². The van der Waals surface area contributed by atoms with Crippen molar-refractivity contribution in [1.82, 2.24) is 0 Å². The predicted molar refractivity (Wildman–Crippen MR) is 75.2 cm³/mol. The van der Waals surface area contributed by atoms with Gasteiger partial charge in [0.05, 0.1) is 0 Å². The second-order valence-corrected chi connectivity index (χ2v) is 6.10. The molecule has 1 saturated carbocycles. The molecule has 0 spiro atoms. The normalized spacial score (nSPS) is 29.3. The molecular weight excluding hydrogens is 224 g/mol. The lowest BCUT2D eigenvalue weighted by molar-refractivity contribution is -0.143. The van der Waals surface area contributed by atoms with Crippen LogP contribution in [-0.4, -0.2) is 12.1 Å². The first-order valence-corrected chi connectivity index (χ1v) is 6.78. The zero-order chi connectivity index (χ0) is 13.9. The molecule has 18 heavy (non-hydrogen) atoms. The quantitative estimate of drug-likeness (QED) is 0.556. The number of hydrogen-bond acceptors (Lipinski definition) is 2. The van der Waals surface area contributed by atoms with Crippen molar-refractivity contribution in [2.45, 2.75) is 53.6 Å². The van der Waals surface area contributed by atoms with E-state index in [9.17, 15) is 4.79 Å². The molecule has 0 aromatic rings. The van der Waals surface area contributed by atoms with E-state index in [0.29, 0.717) is 11.8 Å². The van der Waals surface area contributed by atoms with Gasteiger partial charge in [-0.2, -0.15) is 0 Å². The molecule has 0 aromatic carbocycles. The Labute approximate surface area is 111 Å². The van der Waals surface area contributed by atoms with E-state index in [1.165, 1.54) is 18.9 Å². The molecule has 0 aliphatic heterocycles. The summed E-state index contributed by atoms with van der Waals surface area (Å²) >= 11 is 0. The lowest BCUT2D eigenvalue weighted by atomic mass is 9.61. The summed E-state index contributed by atoms with van der Waals surface area (Å²) in [7, 11) is 0. The maximum atomic E-state index is 10.9. The minimum atomic E-state index is -0.234. The first-order chi connectivity index (χ1) is 8.25. The van der Waals surface area contributed by atoms with Crippen LogP contribution < -0.4 is 0 Å². The van der Waals surface area contributed by atoms with E-state index in [-0.39, 0.29) is 17.5 Å². The van der Waals surface area contributed by atoms with Crippen LogP contribution in [0.3, 0.4) is 0 Å². The Kier molecular flexibility index (Phi) is 4.78. The number of allylic oxidation sites excluding steroid dienone is 2. The maximum absolute atomic E-state index is 10.9. The van der Waals surface area contributed by atoms with E-state index in [1.54, 1.807) is 0 Å². The minimum absolute atomic E-state index is 0.164. The van der Waals surface area contributed by atoms with Gasteiger partial charge in [0, 0.05) is 12.8 Å². The second-order valence-electron chi connectivity index (χ2n) is 6.10. The third-order valence-electron chi connectivity index (χ3n) is 4.34. The van der Waals surface area contributed by atoms with E-state index in [1.807, 2.05) is 13.0 Å². The second kappa shape index (κ2) is 5.73. The third-order valence-corrected chi connectivity index (χ3v) is 4.34. The van der Waals surface area contributed by atoms with E-state index < -0.39 is 0 Å². The van der Waals surface area contributed by atoms with Crippen LogP contribution in [0.1, 0.15) is 47.5 Å². The summed E-state index contributed by atoms with van der Waals surface area (Å²) in [6.45, 7) is 14.4. The Balaban J connectivity index is 2.76. The topological polar surface area (TPSA) is 26.3 Å². The van der Waals surface area contributed by atoms with Crippen LogP contribution in [0.25, 0.3) is 0 Å². The summed E-state index contributed by atoms with van der Waals surface area (Å²) in [5.74, 6) is 0.822. The van der Waals surface area contributed by atoms with Crippen LogP contribution in [0.2, 0.25) is 0 Å². The van der Waals surface area contributed by atoms with Gasteiger partial charge in [-0.3, -0.25) is 4.79 Å². The highest BCUT2D eigenvalue weighted by atomic mass is 16.5. The Morgan fingerprint density at radius 3 is 2.72 bits per heavy atom. The zero-order valence-electron chi connectivity index (χ0n) is 12.3. The van der Waals surface area contributed by atoms with E-state index >= 15 is 0 Å². The SMILES string of the molecule is C=C1CC[C@H](C)C(C)(C)[C@H]1/C=C/[C@@H](C)OC(C)=O. The van der Waals surface area contributed by atoms with E-state index in [0.717, 1.165) is 6.42 Å². The molecule has 2 nitrogen and oxygen atoms in total. The Morgan fingerprint density at radius 1 is 1.56 bits per heavy atom. The molecule has 0 unspecified atom stereocenters. The largest absolute Gasteiger partial charge is 0.459 e. The maximum Gasteiger partial charge on any atom is 0.303 e. The van der Waals surface area contributed by atoms with Gasteiger partial charge in [0.1, 0.15) is 6.10 Å². The molecule has 0 radical (unpaired) electrons. The fourth-order valence-corrected chi connectivity index (χ4v) is 2.71. The van der Waals surface area contributed by atoms with Crippen molar-refractivity contribution in [3.05, 3.63) is 24.3 Å². The van der Waals surface area contributed by atoms with Gasteiger partial charge in [0.25, 0.3) is 0 Å². The van der Waals surface area contributed by atoms with Gasteiger partial charge in [0.2, 0.25) is 0 Å². The Bertz CT molecular complexity index is 352. The lowest BCUT2D eigenvalue weighted by Gasteiger charge is -2.44. The molecular formula is C16H26O2. The summed E-state index contributed by atoms with van der Waals surface area (Å²) in [6, 6.07) is 0. The predicted octanol–water partition coefficient (Wildman–Crippen LogP) is 4.12. The van der Waals surface area contributed by atoms with Crippen LogP contribution >= 0.6 is 0 Å². The van der Waals surface area contributed by atoms with Crippen LogP contribution in [-0.2, 0) is 9.53 Å². The van der Waals surface area contributed by atoms with Crippen molar-refractivity contribution >= 4 is 5.97 Å². The van der Waals surface area contributed by atoms with Gasteiger partial charge in [-0.15, -0.1) is 0 Å². The number of esters is 1. The summed E-state index contributed by atoms with van der Waals surface area (Å²) in [5.41, 5.74) is 1.52. The highest BCUT2D eigenvalue weighted by Crippen LogP contribution is 2.47. The third kappa shape index (κ3) is 3.47. The molecule has 3 atom stereocenters. The first kappa shape index (κ1) is 15.0. The number of carbonyl (C=O) groups excluding carboxylic acids is 1. The van der Waals surface area contributed by atoms with Gasteiger partial charge < -0.3 is 4.74 Å². The summed E-state index contributed by atoms with van der Waals surface area (Å²) < 4.78 is 5.12. The fourth-order valence-electron chi connectivity index (χ4n) is 2.71. The summed E-state index contributed by atoms with van der Waals surface area (Å²) in [4.78, 5) is 10.9.